The zero-order chi connectivity index (χ0) is 19.1. The van der Waals surface area contributed by atoms with Crippen LogP contribution in [0.3, 0.4) is 0 Å². The molecule has 27 heavy (non-hydrogen) atoms. The molecule has 2 aliphatic rings. The predicted octanol–water partition coefficient (Wildman–Crippen LogP) is 2.37. The Morgan fingerprint density at radius 2 is 1.96 bits per heavy atom. The minimum Gasteiger partial charge on any atom is -0.357 e. The fraction of sp³-hybridized carbons (Fsp3) is 0.810. The number of rotatable bonds is 7. The van der Waals surface area contributed by atoms with E-state index in [-0.39, 0.29) is 0 Å². The van der Waals surface area contributed by atoms with Crippen molar-refractivity contribution in [3.63, 3.8) is 0 Å². The monoisotopic (exact) mass is 374 g/mol. The second-order valence-corrected chi connectivity index (χ2v) is 8.23. The second-order valence-electron chi connectivity index (χ2n) is 8.23. The zero-order valence-corrected chi connectivity index (χ0v) is 17.5. The maximum Gasteiger partial charge on any atom is 0.193 e. The lowest BCUT2D eigenvalue weighted by atomic mass is 9.94. The van der Waals surface area contributed by atoms with E-state index in [1.165, 1.54) is 50.9 Å². The molecule has 1 aromatic heterocycles. The van der Waals surface area contributed by atoms with Crippen molar-refractivity contribution < 1.29 is 0 Å². The lowest BCUT2D eigenvalue weighted by molar-refractivity contribution is 0.188. The summed E-state index contributed by atoms with van der Waals surface area (Å²) in [5, 5.41) is 7.82. The molecule has 3 heterocycles. The van der Waals surface area contributed by atoms with Crippen LogP contribution in [0.2, 0.25) is 0 Å². The highest BCUT2D eigenvalue weighted by molar-refractivity contribution is 5.80. The summed E-state index contributed by atoms with van der Waals surface area (Å²) in [6, 6.07) is 0. The van der Waals surface area contributed by atoms with Crippen molar-refractivity contribution in [2.75, 3.05) is 45.8 Å². The largest absolute Gasteiger partial charge is 0.357 e. The third-order valence-corrected chi connectivity index (χ3v) is 6.16. The molecule has 0 radical (unpaired) electrons. The highest BCUT2D eigenvalue weighted by Gasteiger charge is 2.25. The number of guanidine groups is 1. The number of piperidine rings is 1. The summed E-state index contributed by atoms with van der Waals surface area (Å²) in [6.07, 6.45) is 10.4. The molecule has 2 aliphatic heterocycles. The Bertz CT molecular complexity index is 587. The van der Waals surface area contributed by atoms with Crippen LogP contribution in [0.5, 0.6) is 0 Å². The lowest BCUT2D eigenvalue weighted by Gasteiger charge is -2.30. The highest BCUT2D eigenvalue weighted by atomic mass is 15.3. The van der Waals surface area contributed by atoms with Crippen LogP contribution in [0.25, 0.3) is 0 Å². The van der Waals surface area contributed by atoms with Crippen LogP contribution in [0, 0.1) is 11.8 Å². The third kappa shape index (κ3) is 5.96. The summed E-state index contributed by atoms with van der Waals surface area (Å²) in [7, 11) is 1.99. The Morgan fingerprint density at radius 3 is 2.63 bits per heavy atom. The summed E-state index contributed by atoms with van der Waals surface area (Å²) in [5.41, 5.74) is 1.35. The van der Waals surface area contributed by atoms with Gasteiger partial charge in [-0.25, -0.2) is 0 Å². The van der Waals surface area contributed by atoms with Gasteiger partial charge >= 0.3 is 0 Å². The summed E-state index contributed by atoms with van der Waals surface area (Å²) in [6.45, 7) is 12.3. The normalized spacial score (nSPS) is 22.6. The van der Waals surface area contributed by atoms with E-state index < -0.39 is 0 Å². The molecule has 0 bridgehead atoms. The average Bonchev–Trinajstić information content (AvgIpc) is 3.31. The summed E-state index contributed by atoms with van der Waals surface area (Å²) in [4.78, 5) is 10.0. The van der Waals surface area contributed by atoms with Crippen LogP contribution in [0.1, 0.15) is 45.1 Å². The fourth-order valence-corrected chi connectivity index (χ4v) is 4.47. The summed E-state index contributed by atoms with van der Waals surface area (Å²) < 4.78 is 1.90. The molecule has 1 atom stereocenters. The van der Waals surface area contributed by atoms with Gasteiger partial charge in [-0.1, -0.05) is 6.92 Å². The molecule has 0 aliphatic carbocycles. The third-order valence-electron chi connectivity index (χ3n) is 6.16. The van der Waals surface area contributed by atoms with Gasteiger partial charge in [0.1, 0.15) is 0 Å². The van der Waals surface area contributed by atoms with Gasteiger partial charge in [0, 0.05) is 39.4 Å². The summed E-state index contributed by atoms with van der Waals surface area (Å²) in [5.74, 6) is 2.69. The molecule has 1 aromatic rings. The molecule has 3 rings (SSSR count). The van der Waals surface area contributed by atoms with Gasteiger partial charge < -0.3 is 15.1 Å². The van der Waals surface area contributed by atoms with Crippen LogP contribution in [-0.4, -0.2) is 71.4 Å². The van der Waals surface area contributed by atoms with Gasteiger partial charge in [0.05, 0.1) is 6.20 Å². The predicted molar refractivity (Wildman–Crippen MR) is 112 cm³/mol. The van der Waals surface area contributed by atoms with E-state index in [0.29, 0.717) is 5.92 Å². The fourth-order valence-electron chi connectivity index (χ4n) is 4.47. The molecule has 2 saturated heterocycles. The standard InChI is InChI=1S/C21H38N6/c1-4-22-21(23-10-6-18-7-11-26(5-2)12-8-18)27-13-9-19(17-27)14-20-15-24-25(3)16-20/h15-16,18-19H,4-14,17H2,1-3H3,(H,22,23). The topological polar surface area (TPSA) is 48.7 Å². The van der Waals surface area contributed by atoms with Crippen molar-refractivity contribution in [3.05, 3.63) is 18.0 Å². The van der Waals surface area contributed by atoms with Crippen LogP contribution < -0.4 is 5.32 Å². The van der Waals surface area contributed by atoms with Crippen LogP contribution in [0.15, 0.2) is 17.4 Å². The van der Waals surface area contributed by atoms with Crippen molar-refractivity contribution in [2.24, 2.45) is 23.9 Å². The van der Waals surface area contributed by atoms with E-state index in [2.05, 4.69) is 40.3 Å². The first kappa shape index (κ1) is 20.2. The number of hydrogen-bond acceptors (Lipinski definition) is 3. The van der Waals surface area contributed by atoms with E-state index in [4.69, 9.17) is 4.99 Å². The first-order valence-electron chi connectivity index (χ1n) is 10.9. The number of hydrogen-bond donors (Lipinski definition) is 1. The second kappa shape index (κ2) is 10.1. The SMILES string of the molecule is CCNC(=NCCC1CCN(CC)CC1)N1CCC(Cc2cnn(C)c2)C1. The molecular formula is C21H38N6. The first-order chi connectivity index (χ1) is 13.2. The first-order valence-corrected chi connectivity index (χ1v) is 10.9. The minimum absolute atomic E-state index is 0.705. The average molecular weight is 375 g/mol. The van der Waals surface area contributed by atoms with Gasteiger partial charge in [-0.05, 0) is 76.1 Å². The smallest absolute Gasteiger partial charge is 0.193 e. The Morgan fingerprint density at radius 1 is 1.19 bits per heavy atom. The lowest BCUT2D eigenvalue weighted by Crippen LogP contribution is -2.40. The molecule has 6 nitrogen and oxygen atoms in total. The van der Waals surface area contributed by atoms with E-state index in [1.54, 1.807) is 0 Å². The van der Waals surface area contributed by atoms with E-state index in [0.717, 1.165) is 44.5 Å². The number of aryl methyl sites for hydroxylation is 1. The van der Waals surface area contributed by atoms with Gasteiger partial charge in [0.2, 0.25) is 0 Å². The number of likely N-dealkylation sites (tertiary alicyclic amines) is 2. The van der Waals surface area contributed by atoms with Gasteiger partial charge in [0.15, 0.2) is 5.96 Å². The van der Waals surface area contributed by atoms with Gasteiger partial charge in [-0.3, -0.25) is 9.67 Å². The Balaban J connectivity index is 1.46. The molecule has 6 heteroatoms. The Hall–Kier alpha value is -1.56. The van der Waals surface area contributed by atoms with E-state index >= 15 is 0 Å². The molecule has 152 valence electrons. The number of aromatic nitrogens is 2. The van der Waals surface area contributed by atoms with Crippen molar-refractivity contribution in [1.82, 2.24) is 24.9 Å². The number of nitrogens with one attached hydrogen (secondary N) is 1. The van der Waals surface area contributed by atoms with Gasteiger partial charge in [-0.2, -0.15) is 5.10 Å². The Kier molecular flexibility index (Phi) is 7.56. The van der Waals surface area contributed by atoms with Crippen LogP contribution >= 0.6 is 0 Å². The van der Waals surface area contributed by atoms with Crippen molar-refractivity contribution in [3.8, 4) is 0 Å². The molecule has 1 N–H and O–H groups in total. The molecule has 0 aromatic carbocycles. The van der Waals surface area contributed by atoms with Crippen LogP contribution in [0.4, 0.5) is 0 Å². The molecule has 0 saturated carbocycles. The van der Waals surface area contributed by atoms with Crippen molar-refractivity contribution in [1.29, 1.82) is 0 Å². The Labute approximate surface area is 165 Å². The van der Waals surface area contributed by atoms with Gasteiger partial charge in [0.25, 0.3) is 0 Å². The molecule has 1 unspecified atom stereocenters. The quantitative estimate of drug-likeness (QED) is 0.588. The number of aliphatic imine (C=N–C) groups is 1. The molecular weight excluding hydrogens is 336 g/mol. The van der Waals surface area contributed by atoms with Crippen molar-refractivity contribution in [2.45, 2.75) is 46.0 Å². The maximum atomic E-state index is 4.98. The van der Waals surface area contributed by atoms with Gasteiger partial charge in [-0.15, -0.1) is 0 Å². The van der Waals surface area contributed by atoms with Crippen molar-refractivity contribution >= 4 is 5.96 Å². The molecule has 0 amide bonds. The number of nitrogens with zero attached hydrogens (tertiary/aromatic N) is 5. The van der Waals surface area contributed by atoms with Crippen LogP contribution in [-0.2, 0) is 13.5 Å². The highest BCUT2D eigenvalue weighted by Crippen LogP contribution is 2.22. The van der Waals surface area contributed by atoms with E-state index in [9.17, 15) is 0 Å². The zero-order valence-electron chi connectivity index (χ0n) is 17.5. The molecule has 2 fully saturated rings. The van der Waals surface area contributed by atoms with E-state index in [1.807, 2.05) is 17.9 Å². The summed E-state index contributed by atoms with van der Waals surface area (Å²) >= 11 is 0. The molecule has 0 spiro atoms. The minimum atomic E-state index is 0.705. The maximum absolute atomic E-state index is 4.98.